The second-order valence-electron chi connectivity index (χ2n) is 7.78. The molecule has 0 fully saturated rings. The Kier molecular flexibility index (Phi) is 5.94. The summed E-state index contributed by atoms with van der Waals surface area (Å²) in [5.41, 5.74) is 0.554. The van der Waals surface area contributed by atoms with Crippen molar-refractivity contribution >= 4 is 11.4 Å². The third-order valence-corrected chi connectivity index (χ3v) is 5.29. The average Bonchev–Trinajstić information content (AvgIpc) is 3.29. The van der Waals surface area contributed by atoms with Gasteiger partial charge in [0.15, 0.2) is 0 Å². The van der Waals surface area contributed by atoms with E-state index in [1.54, 1.807) is 49.3 Å². The zero-order valence-electron chi connectivity index (χ0n) is 18.1. The molecule has 0 atom stereocenters. The minimum absolute atomic E-state index is 0.109. The maximum Gasteiger partial charge on any atom is 0.471 e. The molecule has 7 nitrogen and oxygen atoms in total. The first-order valence-electron chi connectivity index (χ1n) is 10.1. The number of rotatable bonds is 7. The maximum atomic E-state index is 14.0. The lowest BCUT2D eigenvalue weighted by Gasteiger charge is -2.28. The molecule has 1 aromatic heterocycles. The molecule has 0 unspecified atom stereocenters. The van der Waals surface area contributed by atoms with E-state index in [0.717, 1.165) is 5.56 Å². The van der Waals surface area contributed by atoms with Crippen LogP contribution >= 0.6 is 0 Å². The Morgan fingerprint density at radius 3 is 2.03 bits per heavy atom. The lowest BCUT2D eigenvalue weighted by molar-refractivity contribution is -0.159. The molecule has 34 heavy (non-hydrogen) atoms. The van der Waals surface area contributed by atoms with Crippen molar-refractivity contribution in [3.05, 3.63) is 91.8 Å². The van der Waals surface area contributed by atoms with E-state index in [9.17, 15) is 27.2 Å². The molecule has 176 valence electrons. The minimum Gasteiger partial charge on any atom is -0.365 e. The summed E-state index contributed by atoms with van der Waals surface area (Å²) in [6.07, 6.45) is -4.73. The number of hydrogen-bond acceptors (Lipinski definition) is 7. The monoisotopic (exact) mass is 474 g/mol. The summed E-state index contributed by atoms with van der Waals surface area (Å²) in [6, 6.07) is 12.5. The number of halogens is 4. The summed E-state index contributed by atoms with van der Waals surface area (Å²) in [6.45, 7) is 0.351. The molecule has 4 aromatic rings. The summed E-state index contributed by atoms with van der Waals surface area (Å²) in [4.78, 5) is 31.0. The van der Waals surface area contributed by atoms with Crippen LogP contribution in [-0.4, -0.2) is 24.2 Å². The predicted molar refractivity (Wildman–Crippen MR) is 117 cm³/mol. The Bertz CT molecular complexity index is 1390. The molecule has 0 saturated carbocycles. The summed E-state index contributed by atoms with van der Waals surface area (Å²) in [7, 11) is 3.24. The van der Waals surface area contributed by atoms with E-state index in [4.69, 9.17) is 0 Å². The molecule has 0 saturated heterocycles. The summed E-state index contributed by atoms with van der Waals surface area (Å²) in [5.74, 6) is -2.04. The third-order valence-electron chi connectivity index (χ3n) is 5.29. The number of hydrogen-bond donors (Lipinski definition) is 0. The van der Waals surface area contributed by atoms with E-state index in [1.165, 1.54) is 23.1 Å². The largest absolute Gasteiger partial charge is 0.471 e. The van der Waals surface area contributed by atoms with Crippen LogP contribution in [0.2, 0.25) is 0 Å². The molecule has 4 rings (SSSR count). The van der Waals surface area contributed by atoms with Gasteiger partial charge in [-0.3, -0.25) is 9.59 Å². The van der Waals surface area contributed by atoms with Crippen LogP contribution in [0.3, 0.4) is 0 Å². The first-order chi connectivity index (χ1) is 16.1. The van der Waals surface area contributed by atoms with Gasteiger partial charge in [0.05, 0.1) is 0 Å². The standard InChI is InChI=1S/C23H18F4N4O3/c1-30(11-13-7-9-14(10-8-13)21-28-22(34-29-21)23(25,26)27)17-18(20(33)19(17)32)31(2)12-15-5-3-4-6-16(15)24/h3-10H,11-12H2,1-2H3. The molecule has 0 N–H and O–H groups in total. The Labute approximate surface area is 190 Å². The van der Waals surface area contributed by atoms with Gasteiger partial charge in [-0.1, -0.05) is 47.6 Å². The van der Waals surface area contributed by atoms with Gasteiger partial charge in [0.25, 0.3) is 10.9 Å². The Balaban J connectivity index is 1.49. The SMILES string of the molecule is CN(Cc1ccc(-c2noc(C(F)(F)F)n2)cc1)c1c(N(C)Cc2ccccc2F)c(=O)c1=O. The highest BCUT2D eigenvalue weighted by atomic mass is 19.4. The molecule has 0 aliphatic rings. The first-order valence-corrected chi connectivity index (χ1v) is 10.1. The summed E-state index contributed by atoms with van der Waals surface area (Å²) in [5, 5.41) is 3.34. The molecule has 0 bridgehead atoms. The van der Waals surface area contributed by atoms with Crippen LogP contribution in [-0.2, 0) is 19.3 Å². The van der Waals surface area contributed by atoms with Gasteiger partial charge >= 0.3 is 12.1 Å². The van der Waals surface area contributed by atoms with Crippen molar-refractivity contribution in [1.82, 2.24) is 10.1 Å². The van der Waals surface area contributed by atoms with Gasteiger partial charge in [-0.25, -0.2) is 4.39 Å². The lowest BCUT2D eigenvalue weighted by Crippen LogP contribution is -2.44. The van der Waals surface area contributed by atoms with E-state index in [1.807, 2.05) is 0 Å². The van der Waals surface area contributed by atoms with Crippen LogP contribution in [0.5, 0.6) is 0 Å². The Morgan fingerprint density at radius 1 is 0.882 bits per heavy atom. The highest BCUT2D eigenvalue weighted by Crippen LogP contribution is 2.30. The topological polar surface area (TPSA) is 79.5 Å². The average molecular weight is 474 g/mol. The smallest absolute Gasteiger partial charge is 0.365 e. The van der Waals surface area contributed by atoms with Crippen LogP contribution in [0, 0.1) is 5.82 Å². The number of alkyl halides is 3. The predicted octanol–water partition coefficient (Wildman–Crippen LogP) is 3.76. The molecule has 0 amide bonds. The molecule has 0 spiro atoms. The molecular formula is C23H18F4N4O3. The molecule has 3 aromatic carbocycles. The van der Waals surface area contributed by atoms with Gasteiger partial charge in [0, 0.05) is 38.3 Å². The zero-order chi connectivity index (χ0) is 24.6. The second kappa shape index (κ2) is 8.73. The minimum atomic E-state index is -4.73. The fourth-order valence-electron chi connectivity index (χ4n) is 3.61. The molecule has 1 heterocycles. The molecular weight excluding hydrogens is 456 g/mol. The van der Waals surface area contributed by atoms with Crippen molar-refractivity contribution in [1.29, 1.82) is 0 Å². The van der Waals surface area contributed by atoms with Gasteiger partial charge < -0.3 is 14.3 Å². The van der Waals surface area contributed by atoms with Crippen molar-refractivity contribution in [2.75, 3.05) is 23.9 Å². The van der Waals surface area contributed by atoms with E-state index in [2.05, 4.69) is 14.7 Å². The Morgan fingerprint density at radius 2 is 1.47 bits per heavy atom. The van der Waals surface area contributed by atoms with E-state index in [-0.39, 0.29) is 30.3 Å². The van der Waals surface area contributed by atoms with Gasteiger partial charge in [0.1, 0.15) is 17.2 Å². The third kappa shape index (κ3) is 4.41. The zero-order valence-corrected chi connectivity index (χ0v) is 18.1. The van der Waals surface area contributed by atoms with Crippen LogP contribution in [0.1, 0.15) is 17.0 Å². The van der Waals surface area contributed by atoms with Crippen molar-refractivity contribution in [3.63, 3.8) is 0 Å². The number of benzene rings is 2. The Hall–Kier alpha value is -4.02. The van der Waals surface area contributed by atoms with E-state index < -0.39 is 28.7 Å². The van der Waals surface area contributed by atoms with Gasteiger partial charge in [-0.2, -0.15) is 18.2 Å². The van der Waals surface area contributed by atoms with Crippen LogP contribution < -0.4 is 20.7 Å². The highest BCUT2D eigenvalue weighted by molar-refractivity contribution is 5.76. The molecule has 11 heteroatoms. The fourth-order valence-corrected chi connectivity index (χ4v) is 3.61. The van der Waals surface area contributed by atoms with Crippen molar-refractivity contribution in [3.8, 4) is 11.4 Å². The van der Waals surface area contributed by atoms with E-state index >= 15 is 0 Å². The van der Waals surface area contributed by atoms with Crippen molar-refractivity contribution in [2.24, 2.45) is 0 Å². The van der Waals surface area contributed by atoms with Gasteiger partial charge in [-0.05, 0) is 11.6 Å². The van der Waals surface area contributed by atoms with Crippen molar-refractivity contribution < 1.29 is 22.1 Å². The highest BCUT2D eigenvalue weighted by Gasteiger charge is 2.38. The van der Waals surface area contributed by atoms with Crippen LogP contribution in [0.25, 0.3) is 11.4 Å². The van der Waals surface area contributed by atoms with Gasteiger partial charge in [0.2, 0.25) is 5.82 Å². The summed E-state index contributed by atoms with van der Waals surface area (Å²) >= 11 is 0. The number of aromatic nitrogens is 2. The number of anilines is 2. The molecule has 0 aliphatic carbocycles. The normalized spacial score (nSPS) is 11.7. The van der Waals surface area contributed by atoms with Crippen molar-refractivity contribution in [2.45, 2.75) is 19.3 Å². The van der Waals surface area contributed by atoms with Crippen LogP contribution in [0.4, 0.5) is 28.9 Å². The summed E-state index contributed by atoms with van der Waals surface area (Å²) < 4.78 is 56.2. The quantitative estimate of drug-likeness (QED) is 0.298. The van der Waals surface area contributed by atoms with E-state index in [0.29, 0.717) is 11.1 Å². The lowest BCUT2D eigenvalue weighted by atomic mass is 10.1. The second-order valence-corrected chi connectivity index (χ2v) is 7.78. The molecule has 0 radical (unpaired) electrons. The maximum absolute atomic E-state index is 14.0. The number of nitrogens with zero attached hydrogens (tertiary/aromatic N) is 4. The van der Waals surface area contributed by atoms with Crippen LogP contribution in [0.15, 0.2) is 62.6 Å². The van der Waals surface area contributed by atoms with Gasteiger partial charge in [-0.15, -0.1) is 0 Å². The fraction of sp³-hybridized carbons (Fsp3) is 0.217. The molecule has 0 aliphatic heterocycles. The first kappa shape index (κ1) is 23.1.